The van der Waals surface area contributed by atoms with Gasteiger partial charge in [0.25, 0.3) is 0 Å². The summed E-state index contributed by atoms with van der Waals surface area (Å²) >= 11 is 0. The van der Waals surface area contributed by atoms with E-state index in [0.29, 0.717) is 12.3 Å². The molecule has 180 valence electrons. The van der Waals surface area contributed by atoms with Crippen LogP contribution in [0.15, 0.2) is 0 Å². The number of nitrogens with two attached hydrogens (primary N) is 3. The predicted molar refractivity (Wildman–Crippen MR) is 111 cm³/mol. The fraction of sp³-hybridized carbons (Fsp3) is 0.952. The number of aliphatic hydroxyl groups excluding tert-OH is 2. The van der Waals surface area contributed by atoms with Crippen LogP contribution in [0.25, 0.3) is 0 Å². The van der Waals surface area contributed by atoms with Crippen LogP contribution in [0.4, 0.5) is 0 Å². The molecule has 10 nitrogen and oxygen atoms in total. The van der Waals surface area contributed by atoms with Gasteiger partial charge >= 0.3 is 0 Å². The van der Waals surface area contributed by atoms with Crippen molar-refractivity contribution < 1.29 is 34.3 Å². The topological polar surface area (TPSA) is 176 Å². The molecule has 1 saturated carbocycles. The SMILES string of the molecule is [CH]C1C(O)C(OC2C(N)CC(N)C(OC3OC(C(C)C)CCC3N)C2O)OCC1(C)O. The predicted octanol–water partition coefficient (Wildman–Crippen LogP) is -1.54. The second-order valence-corrected chi connectivity index (χ2v) is 9.84. The summed E-state index contributed by atoms with van der Waals surface area (Å²) in [6, 6.07) is -1.52. The van der Waals surface area contributed by atoms with Crippen molar-refractivity contribution >= 4 is 0 Å². The van der Waals surface area contributed by atoms with E-state index in [2.05, 4.69) is 13.8 Å². The minimum Gasteiger partial charge on any atom is -0.388 e. The second-order valence-electron chi connectivity index (χ2n) is 9.84. The molecular weight excluding hydrogens is 406 g/mol. The van der Waals surface area contributed by atoms with Crippen molar-refractivity contribution in [2.45, 2.75) is 107 Å². The van der Waals surface area contributed by atoms with Crippen LogP contribution in [0, 0.1) is 18.8 Å². The molecule has 2 aliphatic heterocycles. The molecule has 9 N–H and O–H groups in total. The van der Waals surface area contributed by atoms with E-state index in [1.807, 2.05) is 0 Å². The van der Waals surface area contributed by atoms with Crippen LogP contribution in [0.5, 0.6) is 0 Å². The molecule has 0 spiro atoms. The molecular formula is C21H39N3O7. The normalized spacial score (nSPS) is 51.8. The van der Waals surface area contributed by atoms with E-state index >= 15 is 0 Å². The minimum atomic E-state index is -1.40. The van der Waals surface area contributed by atoms with Gasteiger partial charge in [-0.1, -0.05) is 13.8 Å². The Kier molecular flexibility index (Phi) is 8.01. The van der Waals surface area contributed by atoms with E-state index in [-0.39, 0.29) is 18.8 Å². The summed E-state index contributed by atoms with van der Waals surface area (Å²) in [5.74, 6) is -0.682. The molecule has 2 heterocycles. The van der Waals surface area contributed by atoms with Crippen LogP contribution >= 0.6 is 0 Å². The van der Waals surface area contributed by atoms with Gasteiger partial charge in [0.05, 0.1) is 24.4 Å². The Bertz CT molecular complexity index is 579. The number of hydrogen-bond donors (Lipinski definition) is 6. The van der Waals surface area contributed by atoms with Crippen LogP contribution in [0.2, 0.25) is 0 Å². The standard InChI is InChI=1S/C21H39N3O7/c1-9(2)14-6-5-11(22)19(29-14)30-17-12(23)7-13(24)18(16(17)26)31-20-15(25)10(3)21(4,27)8-28-20/h3,9-20,25-27H,5-8,22-24H2,1-2,4H3. The molecule has 12 unspecified atom stereocenters. The van der Waals surface area contributed by atoms with Crippen molar-refractivity contribution in [2.75, 3.05) is 6.61 Å². The van der Waals surface area contributed by atoms with Crippen LogP contribution < -0.4 is 17.2 Å². The monoisotopic (exact) mass is 445 g/mol. The molecule has 0 aromatic heterocycles. The van der Waals surface area contributed by atoms with Crippen molar-refractivity contribution in [1.29, 1.82) is 0 Å². The van der Waals surface area contributed by atoms with Crippen molar-refractivity contribution in [1.82, 2.24) is 0 Å². The Morgan fingerprint density at radius 2 is 1.55 bits per heavy atom. The van der Waals surface area contributed by atoms with E-state index in [1.165, 1.54) is 6.92 Å². The number of aliphatic hydroxyl groups is 3. The third kappa shape index (κ3) is 5.40. The highest BCUT2D eigenvalue weighted by Crippen LogP contribution is 2.33. The van der Waals surface area contributed by atoms with Crippen LogP contribution in [0.3, 0.4) is 0 Å². The zero-order valence-electron chi connectivity index (χ0n) is 18.5. The van der Waals surface area contributed by atoms with E-state index < -0.39 is 60.6 Å². The Hall–Kier alpha value is -0.400. The summed E-state index contributed by atoms with van der Waals surface area (Å²) in [5.41, 5.74) is 17.2. The zero-order chi connectivity index (χ0) is 23.1. The lowest BCUT2D eigenvalue weighted by atomic mass is 9.83. The van der Waals surface area contributed by atoms with Crippen LogP contribution in [-0.4, -0.2) is 88.8 Å². The minimum absolute atomic E-state index is 0.0103. The molecule has 1 aliphatic carbocycles. The van der Waals surface area contributed by atoms with Gasteiger partial charge in [0.1, 0.15) is 24.4 Å². The van der Waals surface area contributed by atoms with Crippen molar-refractivity contribution in [3.63, 3.8) is 0 Å². The molecule has 10 heteroatoms. The van der Waals surface area contributed by atoms with Gasteiger partial charge in [0, 0.05) is 18.0 Å². The first-order valence-corrected chi connectivity index (χ1v) is 11.1. The number of rotatable bonds is 5. The summed E-state index contributed by atoms with van der Waals surface area (Å²) in [5, 5.41) is 31.6. The molecule has 3 fully saturated rings. The maximum absolute atomic E-state index is 11.0. The fourth-order valence-corrected chi connectivity index (χ4v) is 4.51. The smallest absolute Gasteiger partial charge is 0.184 e. The molecule has 12 atom stereocenters. The molecule has 3 aliphatic rings. The van der Waals surface area contributed by atoms with Crippen LogP contribution in [-0.2, 0) is 18.9 Å². The van der Waals surface area contributed by atoms with E-state index in [4.69, 9.17) is 43.1 Å². The first-order valence-electron chi connectivity index (χ1n) is 11.1. The molecule has 3 rings (SSSR count). The quantitative estimate of drug-likeness (QED) is 0.291. The van der Waals surface area contributed by atoms with Gasteiger partial charge in [0.15, 0.2) is 12.6 Å². The third-order valence-electron chi connectivity index (χ3n) is 6.74. The van der Waals surface area contributed by atoms with E-state index in [0.717, 1.165) is 12.8 Å². The van der Waals surface area contributed by atoms with Gasteiger partial charge < -0.3 is 51.5 Å². The first kappa shape index (κ1) is 25.2. The lowest BCUT2D eigenvalue weighted by Crippen LogP contribution is -2.66. The number of hydrogen-bond acceptors (Lipinski definition) is 10. The van der Waals surface area contributed by atoms with Crippen molar-refractivity contribution in [2.24, 2.45) is 29.0 Å². The Morgan fingerprint density at radius 1 is 0.968 bits per heavy atom. The van der Waals surface area contributed by atoms with Gasteiger partial charge in [-0.15, -0.1) is 0 Å². The van der Waals surface area contributed by atoms with Gasteiger partial charge in [0.2, 0.25) is 0 Å². The molecule has 0 aromatic carbocycles. The molecule has 2 saturated heterocycles. The summed E-state index contributed by atoms with van der Waals surface area (Å²) < 4.78 is 23.4. The average Bonchev–Trinajstić information content (AvgIpc) is 2.69. The second kappa shape index (κ2) is 9.84. The van der Waals surface area contributed by atoms with E-state index in [1.54, 1.807) is 0 Å². The summed E-state index contributed by atoms with van der Waals surface area (Å²) in [4.78, 5) is 0. The lowest BCUT2D eigenvalue weighted by molar-refractivity contribution is -0.311. The largest absolute Gasteiger partial charge is 0.388 e. The summed E-state index contributed by atoms with van der Waals surface area (Å²) in [6.45, 7) is 11.4. The molecule has 0 amide bonds. The Balaban J connectivity index is 1.68. The Labute approximate surface area is 184 Å². The van der Waals surface area contributed by atoms with Gasteiger partial charge in [-0.25, -0.2) is 0 Å². The van der Waals surface area contributed by atoms with Crippen molar-refractivity contribution in [3.05, 3.63) is 6.92 Å². The highest BCUT2D eigenvalue weighted by atomic mass is 16.7. The van der Waals surface area contributed by atoms with Gasteiger partial charge in [-0.2, -0.15) is 0 Å². The highest BCUT2D eigenvalue weighted by Gasteiger charge is 2.50. The maximum Gasteiger partial charge on any atom is 0.184 e. The third-order valence-corrected chi connectivity index (χ3v) is 6.74. The molecule has 31 heavy (non-hydrogen) atoms. The van der Waals surface area contributed by atoms with Gasteiger partial charge in [-0.3, -0.25) is 0 Å². The molecule has 0 bridgehead atoms. The lowest BCUT2D eigenvalue weighted by Gasteiger charge is -2.48. The van der Waals surface area contributed by atoms with Crippen LogP contribution in [0.1, 0.15) is 40.0 Å². The fourth-order valence-electron chi connectivity index (χ4n) is 4.51. The van der Waals surface area contributed by atoms with E-state index in [9.17, 15) is 15.3 Å². The maximum atomic E-state index is 11.0. The Morgan fingerprint density at radius 3 is 2.13 bits per heavy atom. The molecule has 0 aromatic rings. The zero-order valence-corrected chi connectivity index (χ0v) is 18.5. The average molecular weight is 446 g/mol. The summed E-state index contributed by atoms with van der Waals surface area (Å²) in [7, 11) is 0. The van der Waals surface area contributed by atoms with Crippen molar-refractivity contribution in [3.8, 4) is 0 Å². The first-order chi connectivity index (χ1) is 14.4. The number of ether oxygens (including phenoxy) is 4. The molecule has 2 radical (unpaired) electrons. The highest BCUT2D eigenvalue weighted by molar-refractivity contribution is 5.01. The summed E-state index contributed by atoms with van der Waals surface area (Å²) in [6.07, 6.45) is -4.23. The van der Waals surface area contributed by atoms with Gasteiger partial charge in [-0.05, 0) is 39.0 Å².